The van der Waals surface area contributed by atoms with Crippen LogP contribution in [0.25, 0.3) is 11.3 Å². The van der Waals surface area contributed by atoms with Crippen molar-refractivity contribution in [3.05, 3.63) is 36.4 Å². The van der Waals surface area contributed by atoms with E-state index < -0.39 is 6.10 Å². The number of nitrogens with zero attached hydrogens (tertiary/aromatic N) is 1. The van der Waals surface area contributed by atoms with Crippen LogP contribution < -0.4 is 5.32 Å². The fourth-order valence-electron chi connectivity index (χ4n) is 2.07. The van der Waals surface area contributed by atoms with Gasteiger partial charge in [0.25, 0.3) is 5.91 Å². The van der Waals surface area contributed by atoms with Gasteiger partial charge in [-0.1, -0.05) is 0 Å². The molecule has 1 N–H and O–H groups in total. The monoisotopic (exact) mass is 288 g/mol. The van der Waals surface area contributed by atoms with Crippen LogP contribution in [-0.4, -0.2) is 36.8 Å². The molecule has 110 valence electrons. The lowest BCUT2D eigenvalue weighted by atomic mass is 10.1. The highest BCUT2D eigenvalue weighted by molar-refractivity contribution is 5.94. The van der Waals surface area contributed by atoms with Crippen molar-refractivity contribution in [1.29, 1.82) is 0 Å². The van der Waals surface area contributed by atoms with Gasteiger partial charge in [-0.25, -0.2) is 4.98 Å². The fourth-order valence-corrected chi connectivity index (χ4v) is 2.07. The van der Waals surface area contributed by atoms with Gasteiger partial charge in [-0.05, 0) is 24.3 Å². The number of anilines is 1. The van der Waals surface area contributed by atoms with Gasteiger partial charge >= 0.3 is 0 Å². The second-order valence-electron chi connectivity index (χ2n) is 4.74. The Morgan fingerprint density at radius 3 is 2.71 bits per heavy atom. The Morgan fingerprint density at radius 2 is 2.10 bits per heavy atom. The molecular weight excluding hydrogens is 272 g/mol. The zero-order valence-electron chi connectivity index (χ0n) is 11.7. The lowest BCUT2D eigenvalue weighted by molar-refractivity contribution is -0.142. The second-order valence-corrected chi connectivity index (χ2v) is 4.74. The van der Waals surface area contributed by atoms with Crippen molar-refractivity contribution in [3.63, 3.8) is 0 Å². The first-order valence-corrected chi connectivity index (χ1v) is 6.75. The average molecular weight is 288 g/mol. The molecule has 1 amide bonds. The summed E-state index contributed by atoms with van der Waals surface area (Å²) in [5.74, 6) is 1.13. The van der Waals surface area contributed by atoms with Crippen molar-refractivity contribution in [2.75, 3.05) is 25.1 Å². The summed E-state index contributed by atoms with van der Waals surface area (Å²) in [6.45, 7) is 3.07. The minimum absolute atomic E-state index is 0.196. The first-order valence-electron chi connectivity index (χ1n) is 6.75. The van der Waals surface area contributed by atoms with Gasteiger partial charge in [0.1, 0.15) is 0 Å². The van der Waals surface area contributed by atoms with E-state index in [1.165, 1.54) is 0 Å². The molecule has 1 aliphatic heterocycles. The van der Waals surface area contributed by atoms with Crippen molar-refractivity contribution in [2.24, 2.45) is 0 Å². The van der Waals surface area contributed by atoms with Crippen molar-refractivity contribution < 1.29 is 18.7 Å². The van der Waals surface area contributed by atoms with Crippen LogP contribution in [0.1, 0.15) is 5.89 Å². The van der Waals surface area contributed by atoms with E-state index in [0.29, 0.717) is 37.2 Å². The maximum absolute atomic E-state index is 12.0. The molecule has 1 saturated heterocycles. The number of carbonyl (C=O) groups is 1. The third-order valence-corrected chi connectivity index (χ3v) is 3.17. The normalized spacial score (nSPS) is 18.4. The van der Waals surface area contributed by atoms with Gasteiger partial charge in [-0.3, -0.25) is 4.79 Å². The van der Waals surface area contributed by atoms with Crippen LogP contribution in [0.2, 0.25) is 0 Å². The average Bonchev–Trinajstić information content (AvgIpc) is 2.95. The third kappa shape index (κ3) is 3.29. The third-order valence-electron chi connectivity index (χ3n) is 3.17. The van der Waals surface area contributed by atoms with Crippen LogP contribution in [-0.2, 0) is 14.3 Å². The van der Waals surface area contributed by atoms with Gasteiger partial charge < -0.3 is 19.2 Å². The predicted molar refractivity (Wildman–Crippen MR) is 75.9 cm³/mol. The Balaban J connectivity index is 1.65. The maximum Gasteiger partial charge on any atom is 0.255 e. The van der Waals surface area contributed by atoms with Gasteiger partial charge in [-0.2, -0.15) is 0 Å². The Kier molecular flexibility index (Phi) is 3.98. The van der Waals surface area contributed by atoms with E-state index in [-0.39, 0.29) is 5.91 Å². The largest absolute Gasteiger partial charge is 0.441 e. The summed E-state index contributed by atoms with van der Waals surface area (Å²) < 4.78 is 16.0. The molecule has 0 radical (unpaired) electrons. The number of oxazole rings is 1. The van der Waals surface area contributed by atoms with Gasteiger partial charge in [-0.15, -0.1) is 0 Å². The van der Waals surface area contributed by atoms with E-state index >= 15 is 0 Å². The minimum Gasteiger partial charge on any atom is -0.441 e. The first-order chi connectivity index (χ1) is 10.2. The molecule has 1 aromatic carbocycles. The zero-order chi connectivity index (χ0) is 14.7. The van der Waals surface area contributed by atoms with Gasteiger partial charge in [0.05, 0.1) is 26.0 Å². The van der Waals surface area contributed by atoms with Gasteiger partial charge in [0.15, 0.2) is 17.8 Å². The lowest BCUT2D eigenvalue weighted by Crippen LogP contribution is -2.39. The summed E-state index contributed by atoms with van der Waals surface area (Å²) in [7, 11) is 0. The maximum atomic E-state index is 12.0. The van der Waals surface area contributed by atoms with E-state index in [4.69, 9.17) is 13.9 Å². The highest BCUT2D eigenvalue weighted by Gasteiger charge is 2.22. The Bertz CT molecular complexity index is 615. The molecule has 1 fully saturated rings. The molecule has 2 aromatic rings. The van der Waals surface area contributed by atoms with Gasteiger partial charge in [0, 0.05) is 18.2 Å². The molecule has 0 spiro atoms. The molecule has 0 bridgehead atoms. The van der Waals surface area contributed by atoms with Crippen LogP contribution in [0.5, 0.6) is 0 Å². The zero-order valence-corrected chi connectivity index (χ0v) is 11.7. The van der Waals surface area contributed by atoms with Crippen molar-refractivity contribution in [2.45, 2.75) is 13.0 Å². The number of hydrogen-bond donors (Lipinski definition) is 1. The number of amides is 1. The number of ether oxygens (including phenoxy) is 2. The van der Waals surface area contributed by atoms with Crippen LogP contribution >= 0.6 is 0 Å². The van der Waals surface area contributed by atoms with Gasteiger partial charge in [0.2, 0.25) is 0 Å². The number of rotatable bonds is 3. The number of carbonyl (C=O) groups excluding carboxylic acids is 1. The van der Waals surface area contributed by atoms with E-state index in [1.807, 2.05) is 24.3 Å². The number of aryl methyl sites for hydroxylation is 1. The van der Waals surface area contributed by atoms with Crippen LogP contribution in [0.15, 0.2) is 34.9 Å². The molecule has 6 heteroatoms. The highest BCUT2D eigenvalue weighted by atomic mass is 16.6. The summed E-state index contributed by atoms with van der Waals surface area (Å²) in [6.07, 6.45) is 1.13. The molecule has 2 heterocycles. The second kappa shape index (κ2) is 6.07. The van der Waals surface area contributed by atoms with Crippen LogP contribution in [0.3, 0.4) is 0 Å². The summed E-state index contributed by atoms with van der Waals surface area (Å²) in [5.41, 5.74) is 1.61. The van der Waals surface area contributed by atoms with Crippen molar-refractivity contribution >= 4 is 11.6 Å². The first kappa shape index (κ1) is 13.8. The Labute approximate surface area is 122 Å². The van der Waals surface area contributed by atoms with Crippen LogP contribution in [0, 0.1) is 6.92 Å². The van der Waals surface area contributed by atoms with E-state index in [9.17, 15) is 4.79 Å². The fraction of sp³-hybridized carbons (Fsp3) is 0.333. The van der Waals surface area contributed by atoms with E-state index in [1.54, 1.807) is 13.1 Å². The number of benzene rings is 1. The summed E-state index contributed by atoms with van der Waals surface area (Å²) in [6, 6.07) is 7.37. The minimum atomic E-state index is -0.546. The van der Waals surface area contributed by atoms with Crippen molar-refractivity contribution in [1.82, 2.24) is 4.98 Å². The number of aromatic nitrogens is 1. The summed E-state index contributed by atoms with van der Waals surface area (Å²) in [4.78, 5) is 16.0. The molecule has 1 atom stereocenters. The molecule has 3 rings (SSSR count). The number of hydrogen-bond acceptors (Lipinski definition) is 5. The summed E-state index contributed by atoms with van der Waals surface area (Å²) in [5, 5.41) is 2.81. The molecule has 6 nitrogen and oxygen atoms in total. The Hall–Kier alpha value is -2.18. The highest BCUT2D eigenvalue weighted by Crippen LogP contribution is 2.22. The van der Waals surface area contributed by atoms with E-state index in [2.05, 4.69) is 10.3 Å². The standard InChI is InChI=1S/C15H16N2O4/c1-10-16-8-13(21-10)11-2-4-12(5-3-11)17-15(18)14-9-19-6-7-20-14/h2-5,8,14H,6-7,9H2,1H3,(H,17,18)/t14-/m0/s1. The topological polar surface area (TPSA) is 73.6 Å². The molecule has 0 saturated carbocycles. The molecule has 1 aromatic heterocycles. The van der Waals surface area contributed by atoms with E-state index in [0.717, 1.165) is 5.56 Å². The molecule has 1 aliphatic rings. The molecule has 0 unspecified atom stereocenters. The SMILES string of the molecule is Cc1ncc(-c2ccc(NC(=O)[C@@H]3COCCO3)cc2)o1. The lowest BCUT2D eigenvalue weighted by Gasteiger charge is -2.22. The molecule has 21 heavy (non-hydrogen) atoms. The molecule has 0 aliphatic carbocycles. The smallest absolute Gasteiger partial charge is 0.255 e. The predicted octanol–water partition coefficient (Wildman–Crippen LogP) is 2.00. The van der Waals surface area contributed by atoms with Crippen molar-refractivity contribution in [3.8, 4) is 11.3 Å². The quantitative estimate of drug-likeness (QED) is 0.935. The summed E-state index contributed by atoms with van der Waals surface area (Å²) >= 11 is 0. The Morgan fingerprint density at radius 1 is 1.29 bits per heavy atom. The number of nitrogens with one attached hydrogen (secondary N) is 1. The van der Waals surface area contributed by atoms with Crippen LogP contribution in [0.4, 0.5) is 5.69 Å². The molecular formula is C15H16N2O4.